The van der Waals surface area contributed by atoms with Gasteiger partial charge in [-0.25, -0.2) is 0 Å². The van der Waals surface area contributed by atoms with Gasteiger partial charge in [-0.1, -0.05) is 30.7 Å². The summed E-state index contributed by atoms with van der Waals surface area (Å²) in [6.45, 7) is 2.66. The van der Waals surface area contributed by atoms with Crippen LogP contribution in [0.3, 0.4) is 0 Å². The van der Waals surface area contributed by atoms with Crippen LogP contribution in [0.1, 0.15) is 18.9 Å². The number of ether oxygens (including phenoxy) is 2. The monoisotopic (exact) mass is 304 g/mol. The summed E-state index contributed by atoms with van der Waals surface area (Å²) in [5, 5.41) is 7.79. The van der Waals surface area contributed by atoms with Crippen molar-refractivity contribution in [2.75, 3.05) is 6.61 Å². The normalized spacial score (nSPS) is 10.2. The Morgan fingerprint density at radius 1 is 1.14 bits per heavy atom. The zero-order valence-corrected chi connectivity index (χ0v) is 12.5. The first-order valence-electron chi connectivity index (χ1n) is 6.65. The lowest BCUT2D eigenvalue weighted by atomic mass is 10.2. The Balaban J connectivity index is 2.24. The molecule has 0 saturated carbocycles. The van der Waals surface area contributed by atoms with E-state index >= 15 is 0 Å². The molecule has 0 atom stereocenters. The molecule has 0 heterocycles. The second kappa shape index (κ2) is 6.99. The van der Waals surface area contributed by atoms with Crippen molar-refractivity contribution in [2.45, 2.75) is 13.3 Å². The van der Waals surface area contributed by atoms with Crippen molar-refractivity contribution in [3.05, 3.63) is 53.1 Å². The van der Waals surface area contributed by atoms with Crippen LogP contribution in [0.5, 0.6) is 17.2 Å². The first kappa shape index (κ1) is 15.2. The molecule has 0 aromatic heterocycles. The maximum atomic E-state index is 7.39. The summed E-state index contributed by atoms with van der Waals surface area (Å²) in [6.07, 6.45) is 0.919. The molecule has 110 valence electrons. The molecule has 0 radical (unpaired) electrons. The van der Waals surface area contributed by atoms with Crippen LogP contribution in [0.15, 0.2) is 42.5 Å². The van der Waals surface area contributed by atoms with Gasteiger partial charge in [-0.15, -0.1) is 0 Å². The van der Waals surface area contributed by atoms with E-state index in [9.17, 15) is 0 Å². The molecule has 0 aliphatic carbocycles. The van der Waals surface area contributed by atoms with E-state index in [0.29, 0.717) is 34.4 Å². The summed E-state index contributed by atoms with van der Waals surface area (Å²) in [7, 11) is 0. The molecule has 5 heteroatoms. The molecule has 0 fully saturated rings. The van der Waals surface area contributed by atoms with Crippen molar-refractivity contribution in [3.8, 4) is 17.2 Å². The van der Waals surface area contributed by atoms with Gasteiger partial charge < -0.3 is 15.2 Å². The van der Waals surface area contributed by atoms with Crippen molar-refractivity contribution in [3.63, 3.8) is 0 Å². The molecule has 3 N–H and O–H groups in total. The molecular formula is C16H17ClN2O2. The van der Waals surface area contributed by atoms with Gasteiger partial charge in [0.1, 0.15) is 11.6 Å². The molecule has 2 aromatic rings. The number of amidine groups is 1. The van der Waals surface area contributed by atoms with E-state index in [1.165, 1.54) is 0 Å². The van der Waals surface area contributed by atoms with Crippen LogP contribution in [0.2, 0.25) is 5.02 Å². The van der Waals surface area contributed by atoms with Crippen LogP contribution in [0.4, 0.5) is 0 Å². The topological polar surface area (TPSA) is 68.3 Å². The highest BCUT2D eigenvalue weighted by atomic mass is 35.5. The first-order chi connectivity index (χ1) is 10.1. The minimum Gasteiger partial charge on any atom is -0.490 e. The number of hydrogen-bond donors (Lipinski definition) is 2. The molecule has 0 spiro atoms. The molecule has 2 rings (SSSR count). The maximum absolute atomic E-state index is 7.39. The molecule has 0 aliphatic heterocycles. The van der Waals surface area contributed by atoms with Gasteiger partial charge in [0.25, 0.3) is 0 Å². The highest BCUT2D eigenvalue weighted by Gasteiger charge is 2.09. The number of nitrogens with two attached hydrogens (primary N) is 1. The van der Waals surface area contributed by atoms with Gasteiger partial charge in [-0.2, -0.15) is 0 Å². The first-order valence-corrected chi connectivity index (χ1v) is 7.03. The Labute approximate surface area is 129 Å². The van der Waals surface area contributed by atoms with Crippen LogP contribution in [0.25, 0.3) is 0 Å². The molecule has 0 unspecified atom stereocenters. The Kier molecular flexibility index (Phi) is 5.06. The minimum absolute atomic E-state index is 0.0323. The molecule has 0 aliphatic rings. The number of benzene rings is 2. The SMILES string of the molecule is CCCOc1ccccc1Oc1ccc(C(=N)N)cc1Cl. The number of para-hydroxylation sites is 2. The van der Waals surface area contributed by atoms with E-state index in [1.54, 1.807) is 18.2 Å². The van der Waals surface area contributed by atoms with Crippen LogP contribution >= 0.6 is 11.6 Å². The van der Waals surface area contributed by atoms with Gasteiger partial charge in [-0.3, -0.25) is 5.41 Å². The van der Waals surface area contributed by atoms with Crippen molar-refractivity contribution < 1.29 is 9.47 Å². The smallest absolute Gasteiger partial charge is 0.169 e. The molecule has 4 nitrogen and oxygen atoms in total. The van der Waals surface area contributed by atoms with Crippen molar-refractivity contribution in [2.24, 2.45) is 5.73 Å². The van der Waals surface area contributed by atoms with Crippen LogP contribution in [0, 0.1) is 5.41 Å². The average molecular weight is 305 g/mol. The van der Waals surface area contributed by atoms with Gasteiger partial charge in [0.05, 0.1) is 11.6 Å². The summed E-state index contributed by atoms with van der Waals surface area (Å²) in [5.41, 5.74) is 5.99. The fourth-order valence-corrected chi connectivity index (χ4v) is 1.95. The number of nitrogens with one attached hydrogen (secondary N) is 1. The van der Waals surface area contributed by atoms with Crippen molar-refractivity contribution in [1.82, 2.24) is 0 Å². The lowest BCUT2D eigenvalue weighted by Gasteiger charge is -2.13. The van der Waals surface area contributed by atoms with Gasteiger partial charge in [0, 0.05) is 5.56 Å². The van der Waals surface area contributed by atoms with Crippen LogP contribution < -0.4 is 15.2 Å². The quantitative estimate of drug-likeness (QED) is 0.620. The summed E-state index contributed by atoms with van der Waals surface area (Å²) < 4.78 is 11.4. The predicted octanol–water partition coefficient (Wildman–Crippen LogP) is 4.21. The Bertz CT molecular complexity index is 644. The average Bonchev–Trinajstić information content (AvgIpc) is 2.48. The molecule has 0 bridgehead atoms. The third-order valence-electron chi connectivity index (χ3n) is 2.77. The summed E-state index contributed by atoms with van der Waals surface area (Å²) in [5.74, 6) is 1.74. The lowest BCUT2D eigenvalue weighted by molar-refractivity contribution is 0.302. The van der Waals surface area contributed by atoms with E-state index < -0.39 is 0 Å². The van der Waals surface area contributed by atoms with E-state index in [1.807, 2.05) is 31.2 Å². The maximum Gasteiger partial charge on any atom is 0.169 e. The Hall–Kier alpha value is -2.20. The van der Waals surface area contributed by atoms with Gasteiger partial charge >= 0.3 is 0 Å². The molecule has 2 aromatic carbocycles. The third kappa shape index (κ3) is 3.89. The second-order valence-electron chi connectivity index (χ2n) is 4.46. The van der Waals surface area contributed by atoms with E-state index in [2.05, 4.69) is 0 Å². The van der Waals surface area contributed by atoms with E-state index in [-0.39, 0.29) is 5.84 Å². The third-order valence-corrected chi connectivity index (χ3v) is 3.07. The number of hydrogen-bond acceptors (Lipinski definition) is 3. The van der Waals surface area contributed by atoms with Gasteiger partial charge in [0.15, 0.2) is 11.5 Å². The van der Waals surface area contributed by atoms with Crippen LogP contribution in [-0.4, -0.2) is 12.4 Å². The lowest BCUT2D eigenvalue weighted by Crippen LogP contribution is -2.10. The summed E-state index contributed by atoms with van der Waals surface area (Å²) in [6, 6.07) is 12.4. The van der Waals surface area contributed by atoms with E-state index in [0.717, 1.165) is 6.42 Å². The van der Waals surface area contributed by atoms with Crippen LogP contribution in [-0.2, 0) is 0 Å². The standard InChI is InChI=1S/C16H17ClN2O2/c1-2-9-20-14-5-3-4-6-15(14)21-13-8-7-11(16(18)19)10-12(13)17/h3-8,10H,2,9H2,1H3,(H3,18,19). The zero-order chi connectivity index (χ0) is 15.2. The highest BCUT2D eigenvalue weighted by molar-refractivity contribution is 6.32. The fourth-order valence-electron chi connectivity index (χ4n) is 1.74. The number of rotatable bonds is 6. The number of halogens is 1. The molecule has 0 amide bonds. The van der Waals surface area contributed by atoms with Crippen molar-refractivity contribution >= 4 is 17.4 Å². The van der Waals surface area contributed by atoms with E-state index in [4.69, 9.17) is 32.2 Å². The molecule has 0 saturated heterocycles. The number of nitrogen functional groups attached to an aromatic ring is 1. The minimum atomic E-state index is -0.0323. The zero-order valence-electron chi connectivity index (χ0n) is 11.7. The largest absolute Gasteiger partial charge is 0.490 e. The summed E-state index contributed by atoms with van der Waals surface area (Å²) in [4.78, 5) is 0. The van der Waals surface area contributed by atoms with Gasteiger partial charge in [-0.05, 0) is 36.8 Å². The van der Waals surface area contributed by atoms with Gasteiger partial charge in [0.2, 0.25) is 0 Å². The summed E-state index contributed by atoms with van der Waals surface area (Å²) >= 11 is 6.16. The predicted molar refractivity (Wildman–Crippen MR) is 84.8 cm³/mol. The molecule has 21 heavy (non-hydrogen) atoms. The Morgan fingerprint density at radius 2 is 1.86 bits per heavy atom. The second-order valence-corrected chi connectivity index (χ2v) is 4.86. The fraction of sp³-hybridized carbons (Fsp3) is 0.188. The molecular weight excluding hydrogens is 288 g/mol. The van der Waals surface area contributed by atoms with Crippen molar-refractivity contribution in [1.29, 1.82) is 5.41 Å². The highest BCUT2D eigenvalue weighted by Crippen LogP contribution is 2.35. The Morgan fingerprint density at radius 3 is 2.48 bits per heavy atom.